The smallest absolute Gasteiger partial charge is 0.361 e. The van der Waals surface area contributed by atoms with E-state index in [0.717, 1.165) is 25.7 Å². The predicted molar refractivity (Wildman–Crippen MR) is 62.4 cm³/mol. The number of hydrogen-bond donors (Lipinski definition) is 2. The summed E-state index contributed by atoms with van der Waals surface area (Å²) in [7, 11) is -3.55. The highest BCUT2D eigenvalue weighted by molar-refractivity contribution is 7.54. The van der Waals surface area contributed by atoms with Crippen molar-refractivity contribution in [2.45, 2.75) is 45.4 Å². The van der Waals surface area contributed by atoms with Crippen LogP contribution in [0.15, 0.2) is 0 Å². The molecule has 0 aliphatic rings. The second-order valence-corrected chi connectivity index (χ2v) is 5.71. The maximum absolute atomic E-state index is 11.9. The molecule has 0 rings (SSSR count). The molecule has 2 unspecified atom stereocenters. The molecule has 0 aromatic carbocycles. The van der Waals surface area contributed by atoms with E-state index in [0.29, 0.717) is 0 Å². The van der Waals surface area contributed by atoms with Crippen LogP contribution in [0.4, 0.5) is 0 Å². The maximum atomic E-state index is 11.9. The molecule has 0 aromatic heterocycles. The van der Waals surface area contributed by atoms with Crippen molar-refractivity contribution in [2.24, 2.45) is 0 Å². The first-order valence-electron chi connectivity index (χ1n) is 5.78. The van der Waals surface area contributed by atoms with Crippen LogP contribution in [0, 0.1) is 0 Å². The van der Waals surface area contributed by atoms with E-state index in [-0.39, 0.29) is 13.2 Å². The quantitative estimate of drug-likeness (QED) is 0.461. The van der Waals surface area contributed by atoms with Crippen molar-refractivity contribution in [3.05, 3.63) is 0 Å². The van der Waals surface area contributed by atoms with Gasteiger partial charge in [-0.15, -0.1) is 0 Å². The molecule has 5 nitrogen and oxygen atoms in total. The van der Waals surface area contributed by atoms with Gasteiger partial charge >= 0.3 is 7.60 Å². The van der Waals surface area contributed by atoms with Crippen LogP contribution in [-0.4, -0.2) is 35.9 Å². The van der Waals surface area contributed by atoms with Gasteiger partial charge in [-0.3, -0.25) is 4.57 Å². The first kappa shape index (κ1) is 16.1. The molecule has 0 aliphatic carbocycles. The van der Waals surface area contributed by atoms with Crippen LogP contribution in [0.5, 0.6) is 0 Å². The fourth-order valence-electron chi connectivity index (χ4n) is 1.21. The molecule has 0 amide bonds. The van der Waals surface area contributed by atoms with E-state index in [2.05, 4.69) is 6.92 Å². The molecule has 0 fully saturated rings. The number of hydrogen-bond acceptors (Lipinski definition) is 5. The van der Waals surface area contributed by atoms with Gasteiger partial charge in [0.25, 0.3) is 0 Å². The van der Waals surface area contributed by atoms with Crippen molar-refractivity contribution in [1.82, 2.24) is 0 Å². The zero-order valence-corrected chi connectivity index (χ0v) is 11.0. The monoisotopic (exact) mass is 254 g/mol. The molecule has 6 heteroatoms. The fourth-order valence-corrected chi connectivity index (χ4v) is 2.57. The number of rotatable bonds is 10. The highest BCUT2D eigenvalue weighted by Crippen LogP contribution is 2.51. The highest BCUT2D eigenvalue weighted by atomic mass is 31.2. The average Bonchev–Trinajstić information content (AvgIpc) is 2.28. The van der Waals surface area contributed by atoms with E-state index in [9.17, 15) is 9.67 Å². The normalized spacial score (nSPS) is 17.0. The molecule has 0 saturated heterocycles. The third kappa shape index (κ3) is 5.97. The van der Waals surface area contributed by atoms with Gasteiger partial charge < -0.3 is 19.3 Å². The third-order valence-electron chi connectivity index (χ3n) is 2.11. The summed E-state index contributed by atoms with van der Waals surface area (Å²) in [4.78, 5) is 0. The molecule has 2 N–H and O–H groups in total. The van der Waals surface area contributed by atoms with Crippen LogP contribution in [-0.2, 0) is 13.6 Å². The minimum atomic E-state index is -3.55. The largest absolute Gasteiger partial charge is 0.393 e. The minimum Gasteiger partial charge on any atom is -0.393 e. The van der Waals surface area contributed by atoms with Crippen molar-refractivity contribution in [3.8, 4) is 0 Å². The van der Waals surface area contributed by atoms with E-state index in [1.54, 1.807) is 6.92 Å². The van der Waals surface area contributed by atoms with E-state index in [1.807, 2.05) is 0 Å². The van der Waals surface area contributed by atoms with Crippen LogP contribution < -0.4 is 0 Å². The van der Waals surface area contributed by atoms with Gasteiger partial charge in [0.05, 0.1) is 19.8 Å². The summed E-state index contributed by atoms with van der Waals surface area (Å²) >= 11 is 0. The molecule has 0 spiro atoms. The van der Waals surface area contributed by atoms with Crippen molar-refractivity contribution in [2.75, 3.05) is 19.8 Å². The molecule has 0 heterocycles. The first-order chi connectivity index (χ1) is 7.60. The van der Waals surface area contributed by atoms with Crippen molar-refractivity contribution in [1.29, 1.82) is 0 Å². The molecule has 0 aliphatic heterocycles. The Morgan fingerprint density at radius 2 is 1.88 bits per heavy atom. The molecular weight excluding hydrogens is 231 g/mol. The zero-order chi connectivity index (χ0) is 12.4. The highest BCUT2D eigenvalue weighted by Gasteiger charge is 2.33. The van der Waals surface area contributed by atoms with Crippen molar-refractivity contribution in [3.63, 3.8) is 0 Å². The summed E-state index contributed by atoms with van der Waals surface area (Å²) in [5.41, 5.74) is 0. The molecule has 0 radical (unpaired) electrons. The maximum Gasteiger partial charge on any atom is 0.361 e. The number of unbranched alkanes of at least 4 members (excludes halogenated alkanes) is 3. The molecule has 2 atom stereocenters. The lowest BCUT2D eigenvalue weighted by Gasteiger charge is -2.21. The van der Waals surface area contributed by atoms with Gasteiger partial charge in [-0.25, -0.2) is 0 Å². The van der Waals surface area contributed by atoms with Crippen molar-refractivity contribution < 1.29 is 23.8 Å². The molecule has 0 aromatic rings. The number of aliphatic hydroxyl groups excluding tert-OH is 2. The summed E-state index contributed by atoms with van der Waals surface area (Å²) in [5, 5.41) is 18.1. The van der Waals surface area contributed by atoms with E-state index < -0.39 is 20.0 Å². The van der Waals surface area contributed by atoms with E-state index in [1.165, 1.54) is 0 Å². The lowest BCUT2D eigenvalue weighted by Crippen LogP contribution is -2.17. The standard InChI is InChI=1S/C10H23O5P/c1-3-5-6-7-8-15-16(13,14-4-2)10(12)9-11/h10-12H,3-9H2,1-2H3. The van der Waals surface area contributed by atoms with Crippen LogP contribution in [0.1, 0.15) is 39.5 Å². The van der Waals surface area contributed by atoms with Gasteiger partial charge in [0.1, 0.15) is 0 Å². The second kappa shape index (κ2) is 9.14. The van der Waals surface area contributed by atoms with Gasteiger partial charge in [-0.05, 0) is 13.3 Å². The lowest BCUT2D eigenvalue weighted by atomic mass is 10.2. The summed E-state index contributed by atoms with van der Waals surface area (Å²) in [6.45, 7) is 3.61. The van der Waals surface area contributed by atoms with Gasteiger partial charge in [-0.2, -0.15) is 0 Å². The molecule has 0 saturated carbocycles. The molecule has 98 valence electrons. The zero-order valence-electron chi connectivity index (χ0n) is 10.1. The van der Waals surface area contributed by atoms with Crippen LogP contribution in [0.2, 0.25) is 0 Å². The Morgan fingerprint density at radius 3 is 2.38 bits per heavy atom. The Kier molecular flexibility index (Phi) is 9.18. The average molecular weight is 254 g/mol. The molecular formula is C10H23O5P. The summed E-state index contributed by atoms with van der Waals surface area (Å²) in [6.07, 6.45) is 3.99. The Hall–Kier alpha value is 0.0700. The Bertz CT molecular complexity index is 209. The lowest BCUT2D eigenvalue weighted by molar-refractivity contribution is 0.101. The van der Waals surface area contributed by atoms with Crippen molar-refractivity contribution >= 4 is 7.60 Å². The van der Waals surface area contributed by atoms with Crippen LogP contribution >= 0.6 is 7.60 Å². The van der Waals surface area contributed by atoms with Gasteiger partial charge in [0.2, 0.25) is 0 Å². The Balaban J connectivity index is 3.98. The van der Waals surface area contributed by atoms with Crippen LogP contribution in [0.25, 0.3) is 0 Å². The third-order valence-corrected chi connectivity index (χ3v) is 4.16. The summed E-state index contributed by atoms with van der Waals surface area (Å²) in [5.74, 6) is -1.45. The topological polar surface area (TPSA) is 76.0 Å². The summed E-state index contributed by atoms with van der Waals surface area (Å²) in [6, 6.07) is 0. The van der Waals surface area contributed by atoms with Gasteiger partial charge in [-0.1, -0.05) is 26.2 Å². The first-order valence-corrected chi connectivity index (χ1v) is 7.39. The SMILES string of the molecule is CCCCCCOP(=O)(OCC)C(O)CO. The van der Waals surface area contributed by atoms with Gasteiger partial charge in [0, 0.05) is 0 Å². The Morgan fingerprint density at radius 1 is 1.19 bits per heavy atom. The fraction of sp³-hybridized carbons (Fsp3) is 1.00. The Labute approximate surface area is 97.3 Å². The molecule has 0 bridgehead atoms. The number of aliphatic hydroxyl groups is 2. The van der Waals surface area contributed by atoms with E-state index in [4.69, 9.17) is 14.2 Å². The minimum absolute atomic E-state index is 0.184. The second-order valence-electron chi connectivity index (χ2n) is 3.51. The van der Waals surface area contributed by atoms with Crippen LogP contribution in [0.3, 0.4) is 0 Å². The molecule has 16 heavy (non-hydrogen) atoms. The van der Waals surface area contributed by atoms with E-state index >= 15 is 0 Å². The summed E-state index contributed by atoms with van der Waals surface area (Å²) < 4.78 is 21.9. The predicted octanol–water partition coefficient (Wildman–Crippen LogP) is 2.12. The van der Waals surface area contributed by atoms with Gasteiger partial charge in [0.15, 0.2) is 5.85 Å².